The van der Waals surface area contributed by atoms with E-state index in [2.05, 4.69) is 5.32 Å². The van der Waals surface area contributed by atoms with Gasteiger partial charge in [0.2, 0.25) is 0 Å². The lowest BCUT2D eigenvalue weighted by molar-refractivity contribution is 0.0955. The van der Waals surface area contributed by atoms with Crippen LogP contribution in [0.4, 0.5) is 5.69 Å². The van der Waals surface area contributed by atoms with Gasteiger partial charge in [-0.2, -0.15) is 0 Å². The lowest BCUT2D eigenvalue weighted by Gasteiger charge is -2.08. The zero-order chi connectivity index (χ0) is 14.5. The van der Waals surface area contributed by atoms with Gasteiger partial charge in [0.25, 0.3) is 5.91 Å². The van der Waals surface area contributed by atoms with E-state index in [1.54, 1.807) is 12.1 Å². The Balaban J connectivity index is 2.71. The fraction of sp³-hybridized carbons (Fsp3) is 0.417. The molecule has 106 valence electrons. The van der Waals surface area contributed by atoms with Gasteiger partial charge in [-0.15, -0.1) is 0 Å². The summed E-state index contributed by atoms with van der Waals surface area (Å²) < 4.78 is 27.2. The molecule has 0 fully saturated rings. The van der Waals surface area contributed by atoms with Crippen LogP contribution >= 0.6 is 0 Å². The summed E-state index contributed by atoms with van der Waals surface area (Å²) in [4.78, 5) is 11.8. The zero-order valence-corrected chi connectivity index (χ0v) is 11.8. The Hall–Kier alpha value is -1.76. The van der Waals surface area contributed by atoms with Crippen LogP contribution in [0.25, 0.3) is 0 Å². The Morgan fingerprint density at radius 1 is 1.37 bits per heavy atom. The molecule has 0 saturated carbocycles. The maximum atomic E-state index is 11.8. The number of benzene rings is 1. The number of sulfone groups is 1. The summed E-state index contributed by atoms with van der Waals surface area (Å²) in [5.41, 5.74) is 6.43. The van der Waals surface area contributed by atoms with Crippen LogP contribution in [0.15, 0.2) is 18.2 Å². The summed E-state index contributed by atoms with van der Waals surface area (Å²) in [6.45, 7) is 2.37. The van der Waals surface area contributed by atoms with Crippen LogP contribution in [0.3, 0.4) is 0 Å². The molecule has 0 aliphatic rings. The van der Waals surface area contributed by atoms with Gasteiger partial charge in [-0.1, -0.05) is 0 Å². The largest absolute Gasteiger partial charge is 0.494 e. The molecule has 6 nitrogen and oxygen atoms in total. The Morgan fingerprint density at radius 3 is 2.63 bits per heavy atom. The summed E-state index contributed by atoms with van der Waals surface area (Å²) in [6, 6.07) is 4.70. The van der Waals surface area contributed by atoms with E-state index in [0.29, 0.717) is 23.6 Å². The number of nitrogens with one attached hydrogen (secondary N) is 1. The number of hydrogen-bond acceptors (Lipinski definition) is 5. The van der Waals surface area contributed by atoms with Crippen molar-refractivity contribution in [1.82, 2.24) is 5.32 Å². The molecule has 0 radical (unpaired) electrons. The van der Waals surface area contributed by atoms with Crippen LogP contribution < -0.4 is 15.8 Å². The number of anilines is 1. The summed E-state index contributed by atoms with van der Waals surface area (Å²) in [5.74, 6) is 0.0343. The summed E-state index contributed by atoms with van der Waals surface area (Å²) in [6.07, 6.45) is 1.12. The third kappa shape index (κ3) is 5.60. The molecule has 0 saturated heterocycles. The minimum atomic E-state index is -3.09. The summed E-state index contributed by atoms with van der Waals surface area (Å²) >= 11 is 0. The first-order valence-corrected chi connectivity index (χ1v) is 7.87. The van der Waals surface area contributed by atoms with Crippen molar-refractivity contribution in [2.45, 2.75) is 6.92 Å². The average molecular weight is 286 g/mol. The monoisotopic (exact) mass is 286 g/mol. The summed E-state index contributed by atoms with van der Waals surface area (Å²) in [5, 5.41) is 2.52. The van der Waals surface area contributed by atoms with Crippen molar-refractivity contribution in [3.05, 3.63) is 23.8 Å². The van der Waals surface area contributed by atoms with E-state index < -0.39 is 9.84 Å². The molecular formula is C12H18N2O4S. The first-order valence-electron chi connectivity index (χ1n) is 5.81. The normalized spacial score (nSPS) is 11.1. The molecule has 0 aliphatic heterocycles. The van der Waals surface area contributed by atoms with Crippen LogP contribution in [-0.4, -0.2) is 39.5 Å². The van der Waals surface area contributed by atoms with Crippen molar-refractivity contribution in [2.75, 3.05) is 30.9 Å². The molecule has 0 bridgehead atoms. The number of nitrogens with two attached hydrogens (primary N) is 1. The van der Waals surface area contributed by atoms with Crippen LogP contribution in [0.1, 0.15) is 17.3 Å². The van der Waals surface area contributed by atoms with Gasteiger partial charge in [0.05, 0.1) is 12.4 Å². The average Bonchev–Trinajstić information content (AvgIpc) is 2.26. The van der Waals surface area contributed by atoms with Gasteiger partial charge < -0.3 is 15.8 Å². The third-order valence-corrected chi connectivity index (χ3v) is 3.21. The van der Waals surface area contributed by atoms with Crippen molar-refractivity contribution in [3.8, 4) is 5.75 Å². The summed E-state index contributed by atoms with van der Waals surface area (Å²) in [7, 11) is -3.09. The van der Waals surface area contributed by atoms with E-state index in [4.69, 9.17) is 10.5 Å². The molecule has 1 rings (SSSR count). The van der Waals surface area contributed by atoms with E-state index in [1.807, 2.05) is 6.92 Å². The Bertz CT molecular complexity index is 555. The molecule has 0 aliphatic carbocycles. The molecule has 19 heavy (non-hydrogen) atoms. The highest BCUT2D eigenvalue weighted by Gasteiger charge is 2.09. The molecule has 1 amide bonds. The molecule has 1 aromatic carbocycles. The van der Waals surface area contributed by atoms with Gasteiger partial charge in [0, 0.05) is 30.1 Å². The highest BCUT2D eigenvalue weighted by molar-refractivity contribution is 7.90. The van der Waals surface area contributed by atoms with E-state index >= 15 is 0 Å². The van der Waals surface area contributed by atoms with Gasteiger partial charge in [0.15, 0.2) is 0 Å². The highest BCUT2D eigenvalue weighted by Crippen LogP contribution is 2.18. The molecule has 0 unspecified atom stereocenters. The highest BCUT2D eigenvalue weighted by atomic mass is 32.2. The van der Waals surface area contributed by atoms with Crippen molar-refractivity contribution in [1.29, 1.82) is 0 Å². The SMILES string of the molecule is CCOc1cc(N)cc(C(=O)NCCS(C)(=O)=O)c1. The molecule has 0 atom stereocenters. The van der Waals surface area contributed by atoms with Gasteiger partial charge in [-0.3, -0.25) is 4.79 Å². The number of hydrogen-bond donors (Lipinski definition) is 2. The van der Waals surface area contributed by atoms with E-state index in [9.17, 15) is 13.2 Å². The minimum Gasteiger partial charge on any atom is -0.494 e. The second-order valence-electron chi connectivity index (χ2n) is 4.11. The number of ether oxygens (including phenoxy) is 1. The fourth-order valence-electron chi connectivity index (χ4n) is 1.46. The third-order valence-electron chi connectivity index (χ3n) is 2.26. The lowest BCUT2D eigenvalue weighted by atomic mass is 10.2. The fourth-order valence-corrected chi connectivity index (χ4v) is 1.93. The lowest BCUT2D eigenvalue weighted by Crippen LogP contribution is -2.28. The number of carbonyl (C=O) groups excluding carboxylic acids is 1. The maximum absolute atomic E-state index is 11.8. The predicted molar refractivity (Wildman–Crippen MR) is 74.1 cm³/mol. The Kier molecular flexibility index (Phi) is 5.17. The number of nitrogen functional groups attached to an aromatic ring is 1. The second-order valence-corrected chi connectivity index (χ2v) is 6.37. The number of carbonyl (C=O) groups is 1. The smallest absolute Gasteiger partial charge is 0.251 e. The zero-order valence-electron chi connectivity index (χ0n) is 11.0. The van der Waals surface area contributed by atoms with Gasteiger partial charge in [-0.25, -0.2) is 8.42 Å². The quantitative estimate of drug-likeness (QED) is 0.739. The first-order chi connectivity index (χ1) is 8.81. The van der Waals surface area contributed by atoms with Gasteiger partial charge in [0.1, 0.15) is 15.6 Å². The standard InChI is InChI=1S/C12H18N2O4S/c1-3-18-11-7-9(6-10(13)8-11)12(15)14-4-5-19(2,16)17/h6-8H,3-5,13H2,1-2H3,(H,14,15). The van der Waals surface area contributed by atoms with Crippen molar-refractivity contribution in [3.63, 3.8) is 0 Å². The number of rotatable bonds is 6. The van der Waals surface area contributed by atoms with E-state index in [-0.39, 0.29) is 18.2 Å². The molecular weight excluding hydrogens is 268 g/mol. The molecule has 7 heteroatoms. The molecule has 1 aromatic rings. The van der Waals surface area contributed by atoms with Crippen LogP contribution in [-0.2, 0) is 9.84 Å². The van der Waals surface area contributed by atoms with Crippen LogP contribution in [0.2, 0.25) is 0 Å². The predicted octanol–water partition coefficient (Wildman–Crippen LogP) is 0.442. The molecule has 3 N–H and O–H groups in total. The Labute approximate surface area is 112 Å². The molecule has 0 spiro atoms. The first kappa shape index (κ1) is 15.3. The van der Waals surface area contributed by atoms with Gasteiger partial charge >= 0.3 is 0 Å². The minimum absolute atomic E-state index is 0.0659. The van der Waals surface area contributed by atoms with Crippen LogP contribution in [0.5, 0.6) is 5.75 Å². The molecule has 0 aromatic heterocycles. The van der Waals surface area contributed by atoms with E-state index in [0.717, 1.165) is 6.26 Å². The second kappa shape index (κ2) is 6.42. The van der Waals surface area contributed by atoms with Crippen molar-refractivity contribution < 1.29 is 17.9 Å². The van der Waals surface area contributed by atoms with E-state index in [1.165, 1.54) is 6.07 Å². The topological polar surface area (TPSA) is 98.5 Å². The van der Waals surface area contributed by atoms with Crippen molar-refractivity contribution >= 4 is 21.4 Å². The van der Waals surface area contributed by atoms with Crippen molar-refractivity contribution in [2.24, 2.45) is 0 Å². The number of amides is 1. The molecule has 0 heterocycles. The van der Waals surface area contributed by atoms with Crippen LogP contribution in [0, 0.1) is 0 Å². The Morgan fingerprint density at radius 2 is 2.05 bits per heavy atom. The van der Waals surface area contributed by atoms with Gasteiger partial charge in [-0.05, 0) is 19.1 Å². The maximum Gasteiger partial charge on any atom is 0.251 e.